The van der Waals surface area contributed by atoms with Gasteiger partial charge in [-0.3, -0.25) is 19.2 Å². The highest BCUT2D eigenvalue weighted by atomic mass is 16.5. The molecule has 1 aromatic rings. The Kier molecular flexibility index (Phi) is 10.1. The van der Waals surface area contributed by atoms with Gasteiger partial charge in [-0.15, -0.1) is 0 Å². The largest absolute Gasteiger partial charge is 0.466 e. The molecule has 1 aromatic carbocycles. The normalized spacial score (nSPS) is 12.7. The minimum Gasteiger partial charge on any atom is -0.466 e. The predicted octanol–water partition coefficient (Wildman–Crippen LogP) is 3.55. The molecule has 0 radical (unpaired) electrons. The lowest BCUT2D eigenvalue weighted by molar-refractivity contribution is -0.152. The molecule has 2 atom stereocenters. The molecule has 0 aliphatic heterocycles. The van der Waals surface area contributed by atoms with Crippen LogP contribution in [-0.4, -0.2) is 36.7 Å². The van der Waals surface area contributed by atoms with Gasteiger partial charge in [-0.1, -0.05) is 31.2 Å². The molecule has 0 aliphatic rings. The minimum atomic E-state index is -1.08. The van der Waals surface area contributed by atoms with Gasteiger partial charge in [-0.2, -0.15) is 0 Å². The minimum absolute atomic E-state index is 0.166. The number of unbranched alkanes of at least 4 members (excludes halogenated alkanes) is 2. The van der Waals surface area contributed by atoms with Gasteiger partial charge in [0, 0.05) is 18.4 Å². The highest BCUT2D eigenvalue weighted by Crippen LogP contribution is 2.21. The average molecular weight is 390 g/mol. The SMILES string of the molecule is CCOC(=O)C(C(C)=O)C(C)C(=O)c1ccc(CCCCCOC(C)=O)cc1. The molecule has 6 heteroatoms. The molecule has 0 N–H and O–H groups in total. The maximum atomic E-state index is 12.7. The van der Waals surface area contributed by atoms with Gasteiger partial charge in [0.25, 0.3) is 0 Å². The van der Waals surface area contributed by atoms with E-state index in [1.165, 1.54) is 13.8 Å². The Morgan fingerprint density at radius 3 is 2.11 bits per heavy atom. The first-order valence-corrected chi connectivity index (χ1v) is 9.71. The van der Waals surface area contributed by atoms with Crippen molar-refractivity contribution >= 4 is 23.5 Å². The summed E-state index contributed by atoms with van der Waals surface area (Å²) in [6.45, 7) is 6.56. The lowest BCUT2D eigenvalue weighted by Crippen LogP contribution is -2.34. The smallest absolute Gasteiger partial charge is 0.317 e. The number of ether oxygens (including phenoxy) is 2. The van der Waals surface area contributed by atoms with Crippen LogP contribution in [0.4, 0.5) is 0 Å². The number of hydrogen-bond donors (Lipinski definition) is 0. The van der Waals surface area contributed by atoms with Crippen molar-refractivity contribution in [2.45, 2.75) is 53.4 Å². The monoisotopic (exact) mass is 390 g/mol. The molecule has 0 aliphatic carbocycles. The van der Waals surface area contributed by atoms with Crippen LogP contribution in [0.25, 0.3) is 0 Å². The Morgan fingerprint density at radius 2 is 1.57 bits per heavy atom. The van der Waals surface area contributed by atoms with Crippen LogP contribution in [0.5, 0.6) is 0 Å². The van der Waals surface area contributed by atoms with Crippen LogP contribution in [-0.2, 0) is 30.3 Å². The van der Waals surface area contributed by atoms with Gasteiger partial charge in [-0.05, 0) is 45.1 Å². The van der Waals surface area contributed by atoms with E-state index in [4.69, 9.17) is 9.47 Å². The van der Waals surface area contributed by atoms with Crippen LogP contribution >= 0.6 is 0 Å². The molecule has 0 amide bonds. The van der Waals surface area contributed by atoms with Crippen molar-refractivity contribution in [2.75, 3.05) is 13.2 Å². The fourth-order valence-corrected chi connectivity index (χ4v) is 3.03. The van der Waals surface area contributed by atoms with E-state index in [-0.39, 0.29) is 24.1 Å². The molecular formula is C22H30O6. The second-order valence-electron chi connectivity index (χ2n) is 6.84. The second-order valence-corrected chi connectivity index (χ2v) is 6.84. The summed E-state index contributed by atoms with van der Waals surface area (Å²) in [5.41, 5.74) is 1.58. The summed E-state index contributed by atoms with van der Waals surface area (Å²) in [7, 11) is 0. The van der Waals surface area contributed by atoms with Gasteiger partial charge in [0.15, 0.2) is 5.78 Å². The van der Waals surface area contributed by atoms with E-state index >= 15 is 0 Å². The highest BCUT2D eigenvalue weighted by molar-refractivity contribution is 6.07. The van der Waals surface area contributed by atoms with E-state index in [0.717, 1.165) is 31.2 Å². The van der Waals surface area contributed by atoms with E-state index in [2.05, 4.69) is 0 Å². The molecule has 0 fully saturated rings. The van der Waals surface area contributed by atoms with Crippen LogP contribution in [0.3, 0.4) is 0 Å². The molecule has 0 bridgehead atoms. The zero-order valence-corrected chi connectivity index (χ0v) is 17.2. The lowest BCUT2D eigenvalue weighted by Gasteiger charge is -2.19. The number of hydrogen-bond acceptors (Lipinski definition) is 6. The van der Waals surface area contributed by atoms with E-state index in [1.807, 2.05) is 12.1 Å². The Labute approximate surface area is 166 Å². The van der Waals surface area contributed by atoms with E-state index in [9.17, 15) is 19.2 Å². The molecule has 0 aromatic heterocycles. The molecule has 154 valence electrons. The van der Waals surface area contributed by atoms with Crippen molar-refractivity contribution in [3.05, 3.63) is 35.4 Å². The maximum Gasteiger partial charge on any atom is 0.317 e. The quantitative estimate of drug-likeness (QED) is 0.235. The van der Waals surface area contributed by atoms with E-state index < -0.39 is 17.8 Å². The zero-order chi connectivity index (χ0) is 21.1. The fourth-order valence-electron chi connectivity index (χ4n) is 3.03. The molecular weight excluding hydrogens is 360 g/mol. The topological polar surface area (TPSA) is 86.7 Å². The van der Waals surface area contributed by atoms with Crippen molar-refractivity contribution in [1.82, 2.24) is 0 Å². The van der Waals surface area contributed by atoms with Gasteiger partial charge in [0.1, 0.15) is 11.7 Å². The third kappa shape index (κ3) is 7.62. The molecule has 0 saturated heterocycles. The number of aryl methyl sites for hydroxylation is 1. The number of carbonyl (C=O) groups is 4. The Balaban J connectivity index is 2.61. The van der Waals surface area contributed by atoms with Crippen LogP contribution in [0, 0.1) is 11.8 Å². The first kappa shape index (κ1) is 23.5. The van der Waals surface area contributed by atoms with Crippen molar-refractivity contribution in [3.8, 4) is 0 Å². The summed E-state index contributed by atoms with van der Waals surface area (Å²) < 4.78 is 9.83. The highest BCUT2D eigenvalue weighted by Gasteiger charge is 2.35. The number of esters is 2. The third-order valence-corrected chi connectivity index (χ3v) is 4.55. The summed E-state index contributed by atoms with van der Waals surface area (Å²) >= 11 is 0. The maximum absolute atomic E-state index is 12.7. The Bertz CT molecular complexity index is 677. The fraction of sp³-hybridized carbons (Fsp3) is 0.545. The number of rotatable bonds is 12. The van der Waals surface area contributed by atoms with E-state index in [0.29, 0.717) is 12.2 Å². The second kappa shape index (κ2) is 12.1. The third-order valence-electron chi connectivity index (χ3n) is 4.55. The van der Waals surface area contributed by atoms with E-state index in [1.54, 1.807) is 26.0 Å². The van der Waals surface area contributed by atoms with Crippen molar-refractivity contribution in [2.24, 2.45) is 11.8 Å². The van der Waals surface area contributed by atoms with Crippen LogP contribution in [0.1, 0.15) is 62.9 Å². The van der Waals surface area contributed by atoms with Crippen molar-refractivity contribution < 1.29 is 28.7 Å². The summed E-state index contributed by atoms with van der Waals surface area (Å²) in [4.78, 5) is 47.2. The molecule has 0 heterocycles. The van der Waals surface area contributed by atoms with Crippen molar-refractivity contribution in [1.29, 1.82) is 0 Å². The van der Waals surface area contributed by atoms with Gasteiger partial charge in [0.2, 0.25) is 0 Å². The van der Waals surface area contributed by atoms with Gasteiger partial charge >= 0.3 is 11.9 Å². The van der Waals surface area contributed by atoms with Crippen LogP contribution in [0.2, 0.25) is 0 Å². The average Bonchev–Trinajstić information content (AvgIpc) is 2.64. The molecule has 2 unspecified atom stereocenters. The molecule has 28 heavy (non-hydrogen) atoms. The number of carbonyl (C=O) groups excluding carboxylic acids is 4. The van der Waals surface area contributed by atoms with Gasteiger partial charge in [-0.25, -0.2) is 0 Å². The Morgan fingerprint density at radius 1 is 0.929 bits per heavy atom. The summed E-state index contributed by atoms with van der Waals surface area (Å²) in [6, 6.07) is 7.24. The Hall–Kier alpha value is -2.50. The molecule has 0 saturated carbocycles. The molecule has 1 rings (SSSR count). The van der Waals surface area contributed by atoms with Crippen molar-refractivity contribution in [3.63, 3.8) is 0 Å². The number of benzene rings is 1. The van der Waals surface area contributed by atoms with Gasteiger partial charge < -0.3 is 9.47 Å². The number of Topliss-reactive ketones (excluding diaryl/α,β-unsaturated/α-hetero) is 2. The first-order chi connectivity index (χ1) is 13.3. The lowest BCUT2D eigenvalue weighted by atomic mass is 9.84. The summed E-state index contributed by atoms with van der Waals surface area (Å²) in [5, 5.41) is 0. The number of ketones is 2. The van der Waals surface area contributed by atoms with Crippen LogP contribution < -0.4 is 0 Å². The molecule has 6 nitrogen and oxygen atoms in total. The van der Waals surface area contributed by atoms with Crippen LogP contribution in [0.15, 0.2) is 24.3 Å². The summed E-state index contributed by atoms with van der Waals surface area (Å²) in [5.74, 6) is -3.38. The standard InChI is InChI=1S/C22H30O6/c1-5-27-22(26)20(16(3)23)15(2)21(25)19-12-10-18(11-13-19)9-7-6-8-14-28-17(4)24/h10-13,15,20H,5-9,14H2,1-4H3. The zero-order valence-electron chi connectivity index (χ0n) is 17.2. The predicted molar refractivity (Wildman–Crippen MR) is 105 cm³/mol. The summed E-state index contributed by atoms with van der Waals surface area (Å²) in [6.07, 6.45) is 3.60. The van der Waals surface area contributed by atoms with Gasteiger partial charge in [0.05, 0.1) is 13.2 Å². The first-order valence-electron chi connectivity index (χ1n) is 9.71. The molecule has 0 spiro atoms.